The molecule has 0 fully saturated rings. The molecule has 0 aliphatic carbocycles. The highest BCUT2D eigenvalue weighted by Gasteiger charge is 1.71. The molecule has 0 N–H and O–H groups in total. The maximum atomic E-state index is 7.08. The zero-order valence-electron chi connectivity index (χ0n) is 5.18. The Morgan fingerprint density at radius 2 is 1.43 bits per heavy atom. The smallest absolute Gasteiger partial charge is 0.245 e. The van der Waals surface area contributed by atoms with Crippen LogP contribution in [0.25, 0.3) is 5.53 Å². The largest absolute Gasteiger partial charge is 0.362 e. The second kappa shape index (κ2) is 9.14. The minimum absolute atomic E-state index is 0.139. The molecule has 0 amide bonds. The minimum atomic E-state index is -0.139. The fourth-order valence-electron chi connectivity index (χ4n) is 0. The Morgan fingerprint density at radius 3 is 1.43 bits per heavy atom. The van der Waals surface area contributed by atoms with Crippen LogP contribution in [0.15, 0.2) is 0 Å². The van der Waals surface area contributed by atoms with E-state index in [-0.39, 0.29) is 8.80 Å². The predicted octanol–water partition coefficient (Wildman–Crippen LogP) is 1.02. The SMILES string of the molecule is C=[N+]=[N-].C[SiH](C)C. The highest BCUT2D eigenvalue weighted by Crippen LogP contribution is 1.68. The Hall–Kier alpha value is -0.403. The van der Waals surface area contributed by atoms with Crippen molar-refractivity contribution in [1.29, 1.82) is 0 Å². The van der Waals surface area contributed by atoms with E-state index in [1.807, 2.05) is 0 Å². The fraction of sp³-hybridized carbons (Fsp3) is 0.750. The first-order valence-electron chi connectivity index (χ1n) is 2.25. The van der Waals surface area contributed by atoms with Gasteiger partial charge in [-0.1, -0.05) is 19.6 Å². The molecule has 0 saturated heterocycles. The van der Waals surface area contributed by atoms with Gasteiger partial charge in [-0.3, -0.25) is 0 Å². The van der Waals surface area contributed by atoms with Crippen molar-refractivity contribution in [3.05, 3.63) is 5.53 Å². The molecule has 3 heteroatoms. The van der Waals surface area contributed by atoms with Gasteiger partial charge in [-0.05, 0) is 0 Å². The summed E-state index contributed by atoms with van der Waals surface area (Å²) >= 11 is 0. The van der Waals surface area contributed by atoms with Crippen molar-refractivity contribution in [1.82, 2.24) is 0 Å². The molecule has 0 unspecified atom stereocenters. The van der Waals surface area contributed by atoms with E-state index in [0.717, 1.165) is 0 Å². The molecule has 0 radical (unpaired) electrons. The normalized spacial score (nSPS) is 6.29. The van der Waals surface area contributed by atoms with Gasteiger partial charge in [-0.2, -0.15) is 4.79 Å². The highest BCUT2D eigenvalue weighted by molar-refractivity contribution is 6.54. The van der Waals surface area contributed by atoms with Crippen LogP contribution in [0.4, 0.5) is 0 Å². The van der Waals surface area contributed by atoms with Crippen molar-refractivity contribution in [2.75, 3.05) is 0 Å². The molecule has 0 aliphatic heterocycles. The van der Waals surface area contributed by atoms with E-state index in [2.05, 4.69) is 31.1 Å². The lowest BCUT2D eigenvalue weighted by Gasteiger charge is -1.75. The minimum Gasteiger partial charge on any atom is -0.362 e. The van der Waals surface area contributed by atoms with E-state index in [9.17, 15) is 0 Å². The van der Waals surface area contributed by atoms with Crippen molar-refractivity contribution in [3.63, 3.8) is 0 Å². The molecule has 0 aromatic carbocycles. The zero-order valence-corrected chi connectivity index (χ0v) is 6.33. The molecule has 0 heterocycles. The Morgan fingerprint density at radius 1 is 1.43 bits per heavy atom. The molecule has 0 saturated carbocycles. The van der Waals surface area contributed by atoms with Crippen LogP contribution in [0.2, 0.25) is 19.6 Å². The fourth-order valence-corrected chi connectivity index (χ4v) is 0. The third-order valence-electron chi connectivity index (χ3n) is 0. The molecule has 42 valence electrons. The highest BCUT2D eigenvalue weighted by atomic mass is 28.3. The van der Waals surface area contributed by atoms with Crippen LogP contribution in [0.3, 0.4) is 0 Å². The molecule has 0 aliphatic rings. The quantitative estimate of drug-likeness (QED) is 0.196. The van der Waals surface area contributed by atoms with Crippen LogP contribution in [0.1, 0.15) is 0 Å². The average Bonchev–Trinajstić information content (AvgIpc) is 1.33. The van der Waals surface area contributed by atoms with Crippen molar-refractivity contribution < 1.29 is 4.79 Å². The Labute approximate surface area is 46.4 Å². The summed E-state index contributed by atoms with van der Waals surface area (Å²) in [5, 5.41) is 0. The summed E-state index contributed by atoms with van der Waals surface area (Å²) in [6, 6.07) is 0. The summed E-state index contributed by atoms with van der Waals surface area (Å²) in [6.45, 7) is 9.58. The lowest BCUT2D eigenvalue weighted by Crippen LogP contribution is -1.84. The average molecular weight is 116 g/mol. The van der Waals surface area contributed by atoms with Gasteiger partial charge in [-0.15, -0.1) is 0 Å². The van der Waals surface area contributed by atoms with Crippen LogP contribution in [-0.2, 0) is 0 Å². The zero-order chi connectivity index (χ0) is 6.28. The lowest BCUT2D eigenvalue weighted by atomic mass is 11.8. The Kier molecular flexibility index (Phi) is 12.8. The summed E-state index contributed by atoms with van der Waals surface area (Å²) < 4.78 is 0. The van der Waals surface area contributed by atoms with E-state index < -0.39 is 0 Å². The van der Waals surface area contributed by atoms with Gasteiger partial charge >= 0.3 is 0 Å². The van der Waals surface area contributed by atoms with E-state index >= 15 is 0 Å². The van der Waals surface area contributed by atoms with Gasteiger partial charge in [0.2, 0.25) is 6.72 Å². The van der Waals surface area contributed by atoms with Gasteiger partial charge in [-0.25, -0.2) is 0 Å². The first kappa shape index (κ1) is 9.78. The van der Waals surface area contributed by atoms with Gasteiger partial charge in [0.1, 0.15) is 0 Å². The molecular weight excluding hydrogens is 104 g/mol. The van der Waals surface area contributed by atoms with Gasteiger partial charge in [0, 0.05) is 8.80 Å². The van der Waals surface area contributed by atoms with E-state index in [1.165, 1.54) is 0 Å². The first-order chi connectivity index (χ1) is 3.15. The molecule has 0 atom stereocenters. The summed E-state index contributed by atoms with van der Waals surface area (Å²) in [5.41, 5.74) is 7.08. The summed E-state index contributed by atoms with van der Waals surface area (Å²) in [5.74, 6) is 0. The number of hydrogen-bond donors (Lipinski definition) is 0. The van der Waals surface area contributed by atoms with Gasteiger partial charge in [0.15, 0.2) is 0 Å². The lowest BCUT2D eigenvalue weighted by molar-refractivity contribution is 0.0110. The van der Waals surface area contributed by atoms with Crippen molar-refractivity contribution >= 4 is 15.5 Å². The molecular formula is C4H12N2Si. The van der Waals surface area contributed by atoms with Crippen LogP contribution >= 0.6 is 0 Å². The van der Waals surface area contributed by atoms with E-state index in [1.54, 1.807) is 0 Å². The molecule has 0 bridgehead atoms. The molecule has 7 heavy (non-hydrogen) atoms. The van der Waals surface area contributed by atoms with Gasteiger partial charge in [0.25, 0.3) is 0 Å². The first-order valence-corrected chi connectivity index (χ1v) is 5.71. The second-order valence-corrected chi connectivity index (χ2v) is 5.34. The molecule has 0 spiro atoms. The monoisotopic (exact) mass is 116 g/mol. The summed E-state index contributed by atoms with van der Waals surface area (Å²) in [4.78, 5) is 2.25. The standard InChI is InChI=1S/C3H10Si.CH2N2/c1-4(2)3;1-3-2/h4H,1-3H3;1H2. The van der Waals surface area contributed by atoms with Gasteiger partial charge in [0.05, 0.1) is 0 Å². The van der Waals surface area contributed by atoms with E-state index in [0.29, 0.717) is 0 Å². The molecule has 0 aromatic rings. The van der Waals surface area contributed by atoms with Crippen molar-refractivity contribution in [2.24, 2.45) is 0 Å². The summed E-state index contributed by atoms with van der Waals surface area (Å²) in [6.07, 6.45) is 0. The van der Waals surface area contributed by atoms with Gasteiger partial charge < -0.3 is 5.53 Å². The number of rotatable bonds is 0. The third kappa shape index (κ3) is 446. The maximum Gasteiger partial charge on any atom is 0.245 e. The van der Waals surface area contributed by atoms with E-state index in [4.69, 9.17) is 5.53 Å². The van der Waals surface area contributed by atoms with Crippen LogP contribution in [0.5, 0.6) is 0 Å². The molecule has 0 aromatic heterocycles. The molecule has 0 rings (SSSR count). The maximum absolute atomic E-state index is 7.08. The summed E-state index contributed by atoms with van der Waals surface area (Å²) in [7, 11) is -0.139. The van der Waals surface area contributed by atoms with Crippen molar-refractivity contribution in [2.45, 2.75) is 19.6 Å². The topological polar surface area (TPSA) is 36.4 Å². The number of nitrogens with zero attached hydrogens (tertiary/aromatic N) is 2. The Bertz CT molecular complexity index is 52.0. The second-order valence-electron chi connectivity index (χ2n) is 1.87. The van der Waals surface area contributed by atoms with Crippen LogP contribution in [-0.4, -0.2) is 20.3 Å². The third-order valence-corrected chi connectivity index (χ3v) is 0. The van der Waals surface area contributed by atoms with Crippen LogP contribution < -0.4 is 0 Å². The number of hydrogen-bond acceptors (Lipinski definition) is 0. The predicted molar refractivity (Wildman–Crippen MR) is 35.5 cm³/mol. The Balaban J connectivity index is 0. The molecule has 2 nitrogen and oxygen atoms in total. The van der Waals surface area contributed by atoms with Crippen molar-refractivity contribution in [3.8, 4) is 0 Å². The van der Waals surface area contributed by atoms with Crippen LogP contribution in [0, 0.1) is 0 Å².